The van der Waals surface area contributed by atoms with E-state index in [1.54, 1.807) is 0 Å². The zero-order valence-corrected chi connectivity index (χ0v) is 12.6. The van der Waals surface area contributed by atoms with E-state index < -0.39 is 0 Å². The Hall–Kier alpha value is -1.07. The molecule has 1 unspecified atom stereocenters. The van der Waals surface area contributed by atoms with Crippen molar-refractivity contribution >= 4 is 21.8 Å². The van der Waals surface area contributed by atoms with Gasteiger partial charge >= 0.3 is 0 Å². The van der Waals surface area contributed by atoms with Gasteiger partial charge in [-0.1, -0.05) is 15.9 Å². The Morgan fingerprint density at radius 2 is 2.11 bits per heavy atom. The van der Waals surface area contributed by atoms with E-state index in [-0.39, 0.29) is 18.6 Å². The average Bonchev–Trinajstić information content (AvgIpc) is 2.37. The Balaban J connectivity index is 2.13. The van der Waals surface area contributed by atoms with Crippen molar-refractivity contribution in [2.75, 3.05) is 13.2 Å². The molecule has 1 aromatic carbocycles. The first-order valence-electron chi connectivity index (χ1n) is 6.40. The Kier molecular flexibility index (Phi) is 7.52. The maximum atomic E-state index is 11.5. The van der Waals surface area contributed by atoms with Gasteiger partial charge in [-0.05, 0) is 44.0 Å². The van der Waals surface area contributed by atoms with E-state index in [0.29, 0.717) is 25.9 Å². The summed E-state index contributed by atoms with van der Waals surface area (Å²) in [5.41, 5.74) is 0. The third kappa shape index (κ3) is 7.18. The van der Waals surface area contributed by atoms with Gasteiger partial charge < -0.3 is 15.2 Å². The average molecular weight is 330 g/mol. The highest BCUT2D eigenvalue weighted by Crippen LogP contribution is 2.16. The van der Waals surface area contributed by atoms with Crippen LogP contribution in [0, 0.1) is 0 Å². The van der Waals surface area contributed by atoms with Gasteiger partial charge in [0.05, 0.1) is 6.61 Å². The minimum Gasteiger partial charge on any atom is -0.494 e. The van der Waals surface area contributed by atoms with E-state index in [4.69, 9.17) is 9.84 Å². The second-order valence-corrected chi connectivity index (χ2v) is 5.30. The zero-order valence-electron chi connectivity index (χ0n) is 11.1. The standard InChI is InChI=1S/C14H20BrNO3/c1-11(8-9-17)16-14(18)3-2-10-19-13-6-4-12(15)5-7-13/h4-7,11,17H,2-3,8-10H2,1H3,(H,16,18). The number of hydrogen-bond donors (Lipinski definition) is 2. The summed E-state index contributed by atoms with van der Waals surface area (Å²) in [4.78, 5) is 11.5. The number of benzene rings is 1. The van der Waals surface area contributed by atoms with Gasteiger partial charge in [-0.25, -0.2) is 0 Å². The number of halogens is 1. The van der Waals surface area contributed by atoms with E-state index >= 15 is 0 Å². The molecule has 1 atom stereocenters. The summed E-state index contributed by atoms with van der Waals surface area (Å²) < 4.78 is 6.53. The lowest BCUT2D eigenvalue weighted by Crippen LogP contribution is -2.33. The van der Waals surface area contributed by atoms with Crippen LogP contribution < -0.4 is 10.1 Å². The van der Waals surface area contributed by atoms with Crippen molar-refractivity contribution in [3.05, 3.63) is 28.7 Å². The highest BCUT2D eigenvalue weighted by atomic mass is 79.9. The summed E-state index contributed by atoms with van der Waals surface area (Å²) in [6.45, 7) is 2.49. The van der Waals surface area contributed by atoms with Gasteiger partial charge in [-0.2, -0.15) is 0 Å². The van der Waals surface area contributed by atoms with E-state index in [9.17, 15) is 4.79 Å². The summed E-state index contributed by atoms with van der Waals surface area (Å²) >= 11 is 3.36. The largest absolute Gasteiger partial charge is 0.494 e. The van der Waals surface area contributed by atoms with Crippen LogP contribution in [0.3, 0.4) is 0 Å². The van der Waals surface area contributed by atoms with Crippen molar-refractivity contribution in [1.29, 1.82) is 0 Å². The third-order valence-corrected chi connectivity index (χ3v) is 3.13. The summed E-state index contributed by atoms with van der Waals surface area (Å²) in [6, 6.07) is 7.61. The predicted octanol–water partition coefficient (Wildman–Crippen LogP) is 2.50. The lowest BCUT2D eigenvalue weighted by atomic mass is 10.2. The van der Waals surface area contributed by atoms with Gasteiger partial charge in [0.15, 0.2) is 0 Å². The normalized spacial score (nSPS) is 11.9. The fourth-order valence-electron chi connectivity index (χ4n) is 1.57. The van der Waals surface area contributed by atoms with Crippen LogP contribution in [0.1, 0.15) is 26.2 Å². The predicted molar refractivity (Wildman–Crippen MR) is 78.2 cm³/mol. The Morgan fingerprint density at radius 3 is 2.74 bits per heavy atom. The first kappa shape index (κ1) is 16.0. The number of amides is 1. The molecule has 0 saturated heterocycles. The van der Waals surface area contributed by atoms with Crippen LogP contribution in [-0.2, 0) is 4.79 Å². The quantitative estimate of drug-likeness (QED) is 0.720. The monoisotopic (exact) mass is 329 g/mol. The Bertz CT molecular complexity index is 381. The van der Waals surface area contributed by atoms with Crippen molar-refractivity contribution < 1.29 is 14.6 Å². The van der Waals surface area contributed by atoms with Crippen LogP contribution in [0.4, 0.5) is 0 Å². The molecule has 1 amide bonds. The first-order chi connectivity index (χ1) is 9.11. The minimum absolute atomic E-state index is 0.000330. The van der Waals surface area contributed by atoms with Crippen LogP contribution in [0.2, 0.25) is 0 Å². The van der Waals surface area contributed by atoms with Crippen LogP contribution in [0.5, 0.6) is 5.75 Å². The summed E-state index contributed by atoms with van der Waals surface area (Å²) in [5, 5.41) is 11.6. The second-order valence-electron chi connectivity index (χ2n) is 4.39. The maximum Gasteiger partial charge on any atom is 0.220 e. The van der Waals surface area contributed by atoms with Crippen molar-refractivity contribution in [2.24, 2.45) is 0 Å². The van der Waals surface area contributed by atoms with Crippen molar-refractivity contribution in [2.45, 2.75) is 32.2 Å². The Morgan fingerprint density at radius 1 is 1.42 bits per heavy atom. The van der Waals surface area contributed by atoms with Crippen LogP contribution in [0.25, 0.3) is 0 Å². The fraction of sp³-hybridized carbons (Fsp3) is 0.500. The number of carbonyl (C=O) groups is 1. The number of carbonyl (C=O) groups excluding carboxylic acids is 1. The van der Waals surface area contributed by atoms with E-state index in [2.05, 4.69) is 21.2 Å². The van der Waals surface area contributed by atoms with Gasteiger partial charge in [0.2, 0.25) is 5.91 Å². The second kappa shape index (κ2) is 8.93. The molecule has 0 aliphatic rings. The van der Waals surface area contributed by atoms with Gasteiger partial charge in [-0.15, -0.1) is 0 Å². The van der Waals surface area contributed by atoms with Crippen molar-refractivity contribution in [3.63, 3.8) is 0 Å². The van der Waals surface area contributed by atoms with Crippen molar-refractivity contribution in [1.82, 2.24) is 5.32 Å². The minimum atomic E-state index is 0.000330. The molecule has 2 N–H and O–H groups in total. The topological polar surface area (TPSA) is 58.6 Å². The molecule has 19 heavy (non-hydrogen) atoms. The molecule has 5 heteroatoms. The zero-order chi connectivity index (χ0) is 14.1. The van der Waals surface area contributed by atoms with Crippen molar-refractivity contribution in [3.8, 4) is 5.75 Å². The molecule has 0 bridgehead atoms. The molecule has 0 aromatic heterocycles. The number of rotatable bonds is 8. The number of aliphatic hydroxyl groups excluding tert-OH is 1. The molecule has 0 heterocycles. The molecule has 0 aliphatic heterocycles. The molecule has 4 nitrogen and oxygen atoms in total. The number of nitrogens with one attached hydrogen (secondary N) is 1. The van der Waals surface area contributed by atoms with Gasteiger partial charge in [0.25, 0.3) is 0 Å². The molecule has 0 aliphatic carbocycles. The first-order valence-corrected chi connectivity index (χ1v) is 7.19. The van der Waals surface area contributed by atoms with E-state index in [1.165, 1.54) is 0 Å². The summed E-state index contributed by atoms with van der Waals surface area (Å²) in [7, 11) is 0. The number of hydrogen-bond acceptors (Lipinski definition) is 3. The molecule has 106 valence electrons. The van der Waals surface area contributed by atoms with E-state index in [0.717, 1.165) is 10.2 Å². The number of aliphatic hydroxyl groups is 1. The van der Waals surface area contributed by atoms with Crippen LogP contribution in [0.15, 0.2) is 28.7 Å². The molecule has 0 radical (unpaired) electrons. The maximum absolute atomic E-state index is 11.5. The van der Waals surface area contributed by atoms with Gasteiger partial charge in [0, 0.05) is 23.5 Å². The van der Waals surface area contributed by atoms with Gasteiger partial charge in [0.1, 0.15) is 5.75 Å². The van der Waals surface area contributed by atoms with Crippen LogP contribution >= 0.6 is 15.9 Å². The van der Waals surface area contributed by atoms with Gasteiger partial charge in [-0.3, -0.25) is 4.79 Å². The molecule has 1 rings (SSSR count). The highest BCUT2D eigenvalue weighted by Gasteiger charge is 2.06. The fourth-order valence-corrected chi connectivity index (χ4v) is 1.83. The molecular weight excluding hydrogens is 310 g/mol. The lowest BCUT2D eigenvalue weighted by molar-refractivity contribution is -0.122. The molecule has 0 fully saturated rings. The summed E-state index contributed by atoms with van der Waals surface area (Å²) in [5.74, 6) is 0.803. The lowest BCUT2D eigenvalue weighted by Gasteiger charge is -2.12. The Labute approximate surface area is 122 Å². The molecule has 0 saturated carbocycles. The summed E-state index contributed by atoms with van der Waals surface area (Å²) in [6.07, 6.45) is 1.70. The highest BCUT2D eigenvalue weighted by molar-refractivity contribution is 9.10. The number of ether oxygens (including phenoxy) is 1. The smallest absolute Gasteiger partial charge is 0.220 e. The molecular formula is C14H20BrNO3. The SMILES string of the molecule is CC(CCO)NC(=O)CCCOc1ccc(Br)cc1. The molecule has 0 spiro atoms. The van der Waals surface area contributed by atoms with E-state index in [1.807, 2.05) is 31.2 Å². The third-order valence-electron chi connectivity index (χ3n) is 2.60. The van der Waals surface area contributed by atoms with Crippen LogP contribution in [-0.4, -0.2) is 30.3 Å². The molecule has 1 aromatic rings.